The Labute approximate surface area is 175 Å². The Kier molecular flexibility index (Phi) is 5.93. The second kappa shape index (κ2) is 9.13. The Morgan fingerprint density at radius 2 is 2.13 bits per heavy atom. The number of nitrogens with one attached hydrogen (secondary N) is 1. The van der Waals surface area contributed by atoms with E-state index in [-0.39, 0.29) is 12.2 Å². The van der Waals surface area contributed by atoms with Crippen LogP contribution in [0.2, 0.25) is 0 Å². The number of non-ortho nitro benzene ring substituents is 1. The summed E-state index contributed by atoms with van der Waals surface area (Å²) in [5.41, 5.74) is 2.89. The van der Waals surface area contributed by atoms with Crippen LogP contribution in [0.15, 0.2) is 45.9 Å². The summed E-state index contributed by atoms with van der Waals surface area (Å²) in [7, 11) is 0. The second-order valence-electron chi connectivity index (χ2n) is 6.52. The number of nitro groups is 1. The van der Waals surface area contributed by atoms with Crippen molar-refractivity contribution in [3.8, 4) is 11.3 Å². The van der Waals surface area contributed by atoms with Gasteiger partial charge in [-0.2, -0.15) is 9.90 Å². The minimum absolute atomic E-state index is 0.0325. The number of carbonyl (C=O) groups excluding carboxylic acids is 1. The van der Waals surface area contributed by atoms with Crippen LogP contribution in [0.3, 0.4) is 0 Å². The van der Waals surface area contributed by atoms with Crippen LogP contribution in [0, 0.1) is 10.1 Å². The molecule has 0 bridgehead atoms. The third-order valence-electron chi connectivity index (χ3n) is 4.37. The highest BCUT2D eigenvalue weighted by molar-refractivity contribution is 5.81. The monoisotopic (exact) mass is 426 g/mol. The Balaban J connectivity index is 1.31. The molecule has 2 aromatic heterocycles. The minimum atomic E-state index is -0.474. The van der Waals surface area contributed by atoms with Gasteiger partial charge < -0.3 is 14.1 Å². The highest BCUT2D eigenvalue weighted by Crippen LogP contribution is 2.25. The molecule has 1 saturated heterocycles. The Hall–Kier alpha value is -4.13. The standard InChI is InChI=1S/C18H18N8O5/c27-17(12-25-22-18(21-23-25)24-6-8-30-9-7-24)20-19-11-15-4-5-16(31-15)13-2-1-3-14(10-13)26(28)29/h1-5,10-11H,6-9,12H2,(H,20,27)/b19-11-. The van der Waals surface area contributed by atoms with E-state index in [1.54, 1.807) is 24.3 Å². The van der Waals surface area contributed by atoms with Crippen molar-refractivity contribution in [2.45, 2.75) is 6.54 Å². The molecule has 1 aromatic carbocycles. The van der Waals surface area contributed by atoms with Gasteiger partial charge >= 0.3 is 0 Å². The van der Waals surface area contributed by atoms with Crippen molar-refractivity contribution in [2.75, 3.05) is 31.2 Å². The molecule has 3 heterocycles. The molecule has 0 spiro atoms. The summed E-state index contributed by atoms with van der Waals surface area (Å²) in [5.74, 6) is 0.825. The number of aromatic nitrogens is 4. The first-order valence-corrected chi connectivity index (χ1v) is 9.35. The first-order chi connectivity index (χ1) is 15.1. The van der Waals surface area contributed by atoms with E-state index in [0.29, 0.717) is 49.3 Å². The number of furan rings is 1. The van der Waals surface area contributed by atoms with E-state index >= 15 is 0 Å². The Morgan fingerprint density at radius 1 is 1.29 bits per heavy atom. The highest BCUT2D eigenvalue weighted by atomic mass is 16.6. The minimum Gasteiger partial charge on any atom is -0.455 e. The van der Waals surface area contributed by atoms with Crippen LogP contribution in [0.25, 0.3) is 11.3 Å². The first kappa shape index (κ1) is 20.2. The molecule has 0 atom stereocenters. The molecular formula is C18H18N8O5. The average Bonchev–Trinajstić information content (AvgIpc) is 3.44. The first-order valence-electron chi connectivity index (χ1n) is 9.35. The van der Waals surface area contributed by atoms with Gasteiger partial charge in [-0.1, -0.05) is 17.2 Å². The van der Waals surface area contributed by atoms with Gasteiger partial charge in [-0.15, -0.1) is 5.10 Å². The Morgan fingerprint density at radius 3 is 2.94 bits per heavy atom. The number of morpholine rings is 1. The summed E-state index contributed by atoms with van der Waals surface area (Å²) in [6.45, 7) is 2.39. The Bertz CT molecular complexity index is 1100. The molecule has 13 heteroatoms. The lowest BCUT2D eigenvalue weighted by atomic mass is 10.1. The summed E-state index contributed by atoms with van der Waals surface area (Å²) in [6, 6.07) is 9.39. The molecule has 1 fully saturated rings. The zero-order valence-corrected chi connectivity index (χ0v) is 16.2. The summed E-state index contributed by atoms with van der Waals surface area (Å²) >= 11 is 0. The van der Waals surface area contributed by atoms with Gasteiger partial charge in [0, 0.05) is 30.8 Å². The number of rotatable bonds is 7. The maximum absolute atomic E-state index is 12.0. The molecule has 3 aromatic rings. The van der Waals surface area contributed by atoms with Crippen molar-refractivity contribution in [2.24, 2.45) is 5.10 Å². The van der Waals surface area contributed by atoms with Gasteiger partial charge in [0.05, 0.1) is 24.4 Å². The molecule has 4 rings (SSSR count). The SMILES string of the molecule is O=C(Cn1nnc(N2CCOCC2)n1)N/N=C\c1ccc(-c2cccc([N+](=O)[O-])c2)o1. The molecule has 0 aliphatic carbocycles. The van der Waals surface area contributed by atoms with Crippen LogP contribution >= 0.6 is 0 Å². The fourth-order valence-electron chi connectivity index (χ4n) is 2.87. The lowest BCUT2D eigenvalue weighted by Gasteiger charge is -2.24. The van der Waals surface area contributed by atoms with Gasteiger partial charge in [0.15, 0.2) is 0 Å². The molecule has 1 aliphatic rings. The van der Waals surface area contributed by atoms with E-state index in [0.717, 1.165) is 0 Å². The number of nitro benzene ring substituents is 1. The maximum Gasteiger partial charge on any atom is 0.270 e. The van der Waals surface area contributed by atoms with Gasteiger partial charge in [0.25, 0.3) is 17.5 Å². The lowest BCUT2D eigenvalue weighted by molar-refractivity contribution is -0.384. The van der Waals surface area contributed by atoms with E-state index in [1.165, 1.54) is 23.1 Å². The largest absolute Gasteiger partial charge is 0.455 e. The number of ether oxygens (including phenoxy) is 1. The van der Waals surface area contributed by atoms with Gasteiger partial charge in [0.1, 0.15) is 18.1 Å². The normalized spacial score (nSPS) is 14.1. The van der Waals surface area contributed by atoms with Crippen LogP contribution in [0.1, 0.15) is 5.76 Å². The predicted molar refractivity (Wildman–Crippen MR) is 107 cm³/mol. The highest BCUT2D eigenvalue weighted by Gasteiger charge is 2.16. The number of benzene rings is 1. The van der Waals surface area contributed by atoms with Gasteiger partial charge in [-0.3, -0.25) is 14.9 Å². The third-order valence-corrected chi connectivity index (χ3v) is 4.37. The van der Waals surface area contributed by atoms with E-state index < -0.39 is 10.8 Å². The van der Waals surface area contributed by atoms with E-state index in [9.17, 15) is 14.9 Å². The summed E-state index contributed by atoms with van der Waals surface area (Å²) in [5, 5.41) is 26.7. The molecular weight excluding hydrogens is 408 g/mol. The quantitative estimate of drug-likeness (QED) is 0.328. The number of tetrazole rings is 1. The molecule has 1 N–H and O–H groups in total. The van der Waals surface area contributed by atoms with Crippen molar-refractivity contribution in [3.63, 3.8) is 0 Å². The third kappa shape index (κ3) is 5.08. The number of hydrogen-bond acceptors (Lipinski definition) is 10. The van der Waals surface area contributed by atoms with Crippen molar-refractivity contribution in [1.29, 1.82) is 0 Å². The number of hydrazone groups is 1. The van der Waals surface area contributed by atoms with Crippen molar-refractivity contribution >= 4 is 23.8 Å². The summed E-state index contributed by atoms with van der Waals surface area (Å²) < 4.78 is 10.9. The molecule has 1 aliphatic heterocycles. The summed E-state index contributed by atoms with van der Waals surface area (Å²) in [4.78, 5) is 25.6. The predicted octanol–water partition coefficient (Wildman–Crippen LogP) is 0.828. The maximum atomic E-state index is 12.0. The molecule has 0 saturated carbocycles. The van der Waals surface area contributed by atoms with Crippen LogP contribution in [-0.2, 0) is 16.1 Å². The van der Waals surface area contributed by atoms with Gasteiger partial charge in [0.2, 0.25) is 0 Å². The topological polar surface area (TPSA) is 154 Å². The number of hydrogen-bond donors (Lipinski definition) is 1. The fraction of sp³-hybridized carbons (Fsp3) is 0.278. The number of carbonyl (C=O) groups is 1. The molecule has 0 radical (unpaired) electrons. The average molecular weight is 426 g/mol. The van der Waals surface area contributed by atoms with E-state index in [2.05, 4.69) is 25.9 Å². The summed E-state index contributed by atoms with van der Waals surface area (Å²) in [6.07, 6.45) is 1.33. The molecule has 13 nitrogen and oxygen atoms in total. The van der Waals surface area contributed by atoms with Crippen LogP contribution in [0.4, 0.5) is 11.6 Å². The second-order valence-corrected chi connectivity index (χ2v) is 6.52. The lowest BCUT2D eigenvalue weighted by Crippen LogP contribution is -2.37. The van der Waals surface area contributed by atoms with E-state index in [1.807, 2.05) is 4.90 Å². The van der Waals surface area contributed by atoms with Gasteiger partial charge in [-0.25, -0.2) is 5.43 Å². The van der Waals surface area contributed by atoms with Crippen LogP contribution in [0.5, 0.6) is 0 Å². The number of amides is 1. The number of nitrogens with zero attached hydrogens (tertiary/aromatic N) is 7. The molecule has 1 amide bonds. The molecule has 31 heavy (non-hydrogen) atoms. The smallest absolute Gasteiger partial charge is 0.270 e. The zero-order valence-electron chi connectivity index (χ0n) is 16.2. The number of anilines is 1. The molecule has 160 valence electrons. The fourth-order valence-corrected chi connectivity index (χ4v) is 2.87. The van der Waals surface area contributed by atoms with Crippen molar-refractivity contribution < 1.29 is 18.9 Å². The van der Waals surface area contributed by atoms with Gasteiger partial charge in [-0.05, 0) is 17.3 Å². The van der Waals surface area contributed by atoms with E-state index in [4.69, 9.17) is 9.15 Å². The zero-order chi connectivity index (χ0) is 21.6. The van der Waals surface area contributed by atoms with Crippen molar-refractivity contribution in [3.05, 3.63) is 52.3 Å². The molecule has 0 unspecified atom stereocenters. The van der Waals surface area contributed by atoms with Crippen LogP contribution < -0.4 is 10.3 Å². The van der Waals surface area contributed by atoms with Crippen LogP contribution in [-0.4, -0.2) is 63.6 Å². The van der Waals surface area contributed by atoms with Crippen molar-refractivity contribution in [1.82, 2.24) is 25.6 Å².